The molecular weight excluding hydrogens is 255 g/mol. The fourth-order valence-electron chi connectivity index (χ4n) is 1.64. The fraction of sp³-hybridized carbons (Fsp3) is 0.0714. The van der Waals surface area contributed by atoms with E-state index in [1.54, 1.807) is 24.3 Å². The van der Waals surface area contributed by atoms with Gasteiger partial charge in [0.2, 0.25) is 0 Å². The van der Waals surface area contributed by atoms with Crippen molar-refractivity contribution in [2.24, 2.45) is 0 Å². The van der Waals surface area contributed by atoms with Gasteiger partial charge in [0.25, 0.3) is 0 Å². The Morgan fingerprint density at radius 2 is 1.83 bits per heavy atom. The second kappa shape index (κ2) is 5.19. The summed E-state index contributed by atoms with van der Waals surface area (Å²) in [5.41, 5.74) is 1.47. The fourth-order valence-corrected chi connectivity index (χ4v) is 1.84. The molecule has 0 heterocycles. The predicted octanol–water partition coefficient (Wildman–Crippen LogP) is 3.97. The van der Waals surface area contributed by atoms with E-state index < -0.39 is 5.82 Å². The Balaban J connectivity index is 2.48. The van der Waals surface area contributed by atoms with E-state index in [2.05, 4.69) is 0 Å². The van der Waals surface area contributed by atoms with Gasteiger partial charge in [0.15, 0.2) is 6.29 Å². The molecular formula is C14H10ClFO2. The van der Waals surface area contributed by atoms with E-state index in [1.807, 2.05) is 0 Å². The van der Waals surface area contributed by atoms with Crippen molar-refractivity contribution in [2.75, 3.05) is 7.11 Å². The monoisotopic (exact) mass is 264 g/mol. The van der Waals surface area contributed by atoms with E-state index in [1.165, 1.54) is 19.2 Å². The van der Waals surface area contributed by atoms with Crippen molar-refractivity contribution in [1.82, 2.24) is 0 Å². The molecule has 0 bridgehead atoms. The Kier molecular flexibility index (Phi) is 3.63. The average molecular weight is 265 g/mol. The maximum Gasteiger partial charge on any atom is 0.152 e. The lowest BCUT2D eigenvalue weighted by Crippen LogP contribution is -1.89. The highest BCUT2D eigenvalue weighted by atomic mass is 35.5. The zero-order chi connectivity index (χ0) is 13.1. The van der Waals surface area contributed by atoms with Crippen molar-refractivity contribution in [3.63, 3.8) is 0 Å². The van der Waals surface area contributed by atoms with Gasteiger partial charge < -0.3 is 4.74 Å². The van der Waals surface area contributed by atoms with Gasteiger partial charge in [-0.15, -0.1) is 0 Å². The van der Waals surface area contributed by atoms with Crippen LogP contribution in [-0.4, -0.2) is 13.4 Å². The Morgan fingerprint density at radius 1 is 1.17 bits per heavy atom. The van der Waals surface area contributed by atoms with Crippen molar-refractivity contribution in [3.05, 3.63) is 52.8 Å². The highest BCUT2D eigenvalue weighted by Gasteiger charge is 2.07. The SMILES string of the molecule is COc1cc(-c2ccc(C=O)c(F)c2)ccc1Cl. The van der Waals surface area contributed by atoms with Crippen LogP contribution in [0.4, 0.5) is 4.39 Å². The Hall–Kier alpha value is -1.87. The van der Waals surface area contributed by atoms with Crippen LogP contribution in [0.3, 0.4) is 0 Å². The summed E-state index contributed by atoms with van der Waals surface area (Å²) in [5, 5.41) is 0.492. The van der Waals surface area contributed by atoms with Gasteiger partial charge in [-0.05, 0) is 35.4 Å². The lowest BCUT2D eigenvalue weighted by molar-refractivity contribution is 0.112. The van der Waals surface area contributed by atoms with Crippen LogP contribution in [-0.2, 0) is 0 Å². The molecule has 0 atom stereocenters. The Bertz CT molecular complexity index is 596. The third-order valence-corrected chi connectivity index (χ3v) is 2.92. The maximum absolute atomic E-state index is 13.5. The quantitative estimate of drug-likeness (QED) is 0.784. The van der Waals surface area contributed by atoms with Crippen LogP contribution in [0.25, 0.3) is 11.1 Å². The number of carbonyl (C=O) groups is 1. The Labute approximate surface area is 109 Å². The van der Waals surface area contributed by atoms with E-state index in [0.29, 0.717) is 22.6 Å². The predicted molar refractivity (Wildman–Crippen MR) is 68.8 cm³/mol. The van der Waals surface area contributed by atoms with Crippen molar-refractivity contribution >= 4 is 17.9 Å². The van der Waals surface area contributed by atoms with E-state index in [9.17, 15) is 9.18 Å². The second-order valence-electron chi connectivity index (χ2n) is 3.70. The number of hydrogen-bond acceptors (Lipinski definition) is 2. The minimum Gasteiger partial charge on any atom is -0.495 e. The number of ether oxygens (including phenoxy) is 1. The summed E-state index contributed by atoms with van der Waals surface area (Å²) in [7, 11) is 1.51. The van der Waals surface area contributed by atoms with Crippen LogP contribution >= 0.6 is 11.6 Å². The van der Waals surface area contributed by atoms with Crippen molar-refractivity contribution in [2.45, 2.75) is 0 Å². The molecule has 0 fully saturated rings. The number of hydrogen-bond donors (Lipinski definition) is 0. The molecule has 4 heteroatoms. The van der Waals surface area contributed by atoms with Crippen molar-refractivity contribution in [3.8, 4) is 16.9 Å². The molecule has 18 heavy (non-hydrogen) atoms. The molecule has 0 aromatic heterocycles. The highest BCUT2D eigenvalue weighted by Crippen LogP contribution is 2.30. The molecule has 0 spiro atoms. The van der Waals surface area contributed by atoms with Gasteiger partial charge in [0.05, 0.1) is 17.7 Å². The molecule has 0 saturated heterocycles. The third kappa shape index (κ3) is 2.36. The van der Waals surface area contributed by atoms with Gasteiger partial charge in [-0.2, -0.15) is 0 Å². The van der Waals surface area contributed by atoms with E-state index >= 15 is 0 Å². The first kappa shape index (κ1) is 12.6. The summed E-state index contributed by atoms with van der Waals surface area (Å²) >= 11 is 5.92. The summed E-state index contributed by atoms with van der Waals surface area (Å²) in [4.78, 5) is 10.5. The molecule has 92 valence electrons. The second-order valence-corrected chi connectivity index (χ2v) is 4.11. The number of halogens is 2. The zero-order valence-electron chi connectivity index (χ0n) is 9.61. The molecule has 2 nitrogen and oxygen atoms in total. The molecule has 2 aromatic rings. The summed E-state index contributed by atoms with van der Waals surface area (Å²) in [5.74, 6) is -0.0227. The normalized spacial score (nSPS) is 10.2. The van der Waals surface area contributed by atoms with E-state index in [-0.39, 0.29) is 5.56 Å². The van der Waals surface area contributed by atoms with Crippen molar-refractivity contribution < 1.29 is 13.9 Å². The topological polar surface area (TPSA) is 26.3 Å². The molecule has 0 N–H and O–H groups in total. The molecule has 2 aromatic carbocycles. The molecule has 0 aliphatic carbocycles. The number of aldehydes is 1. The number of benzene rings is 2. The summed E-state index contributed by atoms with van der Waals surface area (Å²) in [6.07, 6.45) is 0.488. The van der Waals surface area contributed by atoms with E-state index in [4.69, 9.17) is 16.3 Å². The number of methoxy groups -OCH3 is 1. The lowest BCUT2D eigenvalue weighted by Gasteiger charge is -2.07. The van der Waals surface area contributed by atoms with Gasteiger partial charge >= 0.3 is 0 Å². The standard InChI is InChI=1S/C14H10ClFO2/c1-18-14-7-10(4-5-12(14)15)9-2-3-11(8-17)13(16)6-9/h2-8H,1H3. The van der Waals surface area contributed by atoms with Crippen LogP contribution in [0.2, 0.25) is 5.02 Å². The molecule has 0 saturated carbocycles. The molecule has 0 unspecified atom stereocenters. The average Bonchev–Trinajstić information content (AvgIpc) is 2.39. The Morgan fingerprint density at radius 3 is 2.44 bits per heavy atom. The molecule has 0 radical (unpaired) electrons. The summed E-state index contributed by atoms with van der Waals surface area (Å²) < 4.78 is 18.6. The zero-order valence-corrected chi connectivity index (χ0v) is 10.4. The molecule has 0 aliphatic heterocycles. The van der Waals surface area contributed by atoms with Gasteiger partial charge in [0.1, 0.15) is 11.6 Å². The third-order valence-electron chi connectivity index (χ3n) is 2.61. The van der Waals surface area contributed by atoms with Gasteiger partial charge in [-0.3, -0.25) is 4.79 Å². The van der Waals surface area contributed by atoms with Crippen LogP contribution < -0.4 is 4.74 Å². The van der Waals surface area contributed by atoms with Crippen LogP contribution in [0, 0.1) is 5.82 Å². The minimum atomic E-state index is -0.545. The first-order chi connectivity index (χ1) is 8.65. The number of carbonyl (C=O) groups excluding carboxylic acids is 1. The van der Waals surface area contributed by atoms with Crippen LogP contribution in [0.1, 0.15) is 10.4 Å². The largest absolute Gasteiger partial charge is 0.495 e. The van der Waals surface area contributed by atoms with E-state index in [0.717, 1.165) is 5.56 Å². The van der Waals surface area contributed by atoms with Crippen LogP contribution in [0.15, 0.2) is 36.4 Å². The van der Waals surface area contributed by atoms with Gasteiger partial charge in [-0.1, -0.05) is 23.7 Å². The van der Waals surface area contributed by atoms with Crippen molar-refractivity contribution in [1.29, 1.82) is 0 Å². The van der Waals surface area contributed by atoms with Crippen LogP contribution in [0.5, 0.6) is 5.75 Å². The minimum absolute atomic E-state index is 0.0414. The highest BCUT2D eigenvalue weighted by molar-refractivity contribution is 6.32. The first-order valence-corrected chi connectivity index (χ1v) is 5.62. The lowest BCUT2D eigenvalue weighted by atomic mass is 10.0. The molecule has 0 amide bonds. The molecule has 2 rings (SSSR count). The summed E-state index contributed by atoms with van der Waals surface area (Å²) in [6.45, 7) is 0. The van der Waals surface area contributed by atoms with Gasteiger partial charge in [0, 0.05) is 0 Å². The maximum atomic E-state index is 13.5. The number of rotatable bonds is 3. The smallest absolute Gasteiger partial charge is 0.152 e. The van der Waals surface area contributed by atoms with Gasteiger partial charge in [-0.25, -0.2) is 4.39 Å². The summed E-state index contributed by atoms with van der Waals surface area (Å²) in [6, 6.07) is 9.60. The first-order valence-electron chi connectivity index (χ1n) is 5.24. The molecule has 0 aliphatic rings.